The van der Waals surface area contributed by atoms with Gasteiger partial charge in [-0.3, -0.25) is 14.5 Å². The molecular formula is C13H22N2O3. The van der Waals surface area contributed by atoms with E-state index < -0.39 is 0 Å². The third kappa shape index (κ3) is 2.51. The van der Waals surface area contributed by atoms with Gasteiger partial charge < -0.3 is 9.64 Å². The summed E-state index contributed by atoms with van der Waals surface area (Å²) in [6.07, 6.45) is 4.20. The van der Waals surface area contributed by atoms with Crippen molar-refractivity contribution < 1.29 is 14.3 Å². The van der Waals surface area contributed by atoms with Crippen LogP contribution in [-0.2, 0) is 14.3 Å². The number of likely N-dealkylation sites (tertiary alicyclic amines) is 2. The van der Waals surface area contributed by atoms with E-state index in [-0.39, 0.29) is 24.0 Å². The molecule has 5 heteroatoms. The van der Waals surface area contributed by atoms with E-state index >= 15 is 0 Å². The van der Waals surface area contributed by atoms with Gasteiger partial charge >= 0.3 is 5.97 Å². The molecule has 2 heterocycles. The molecular weight excluding hydrogens is 232 g/mol. The third-order valence-corrected chi connectivity index (χ3v) is 4.06. The lowest BCUT2D eigenvalue weighted by atomic mass is 9.99. The highest BCUT2D eigenvalue weighted by atomic mass is 16.5. The number of nitrogens with zero attached hydrogens (tertiary/aromatic N) is 2. The highest BCUT2D eigenvalue weighted by molar-refractivity contribution is 5.84. The summed E-state index contributed by atoms with van der Waals surface area (Å²) in [6.45, 7) is 4.42. The van der Waals surface area contributed by atoms with Gasteiger partial charge in [-0.05, 0) is 32.6 Å². The van der Waals surface area contributed by atoms with Crippen LogP contribution in [0.2, 0.25) is 0 Å². The molecule has 2 atom stereocenters. The number of methoxy groups -OCH3 is 1. The minimum atomic E-state index is -0.223. The predicted molar refractivity (Wildman–Crippen MR) is 67.0 cm³/mol. The number of ether oxygens (including phenoxy) is 1. The number of carbonyl (C=O) groups is 2. The average Bonchev–Trinajstić information content (AvgIpc) is 2.37. The molecule has 0 aromatic carbocycles. The maximum atomic E-state index is 12.3. The molecule has 102 valence electrons. The van der Waals surface area contributed by atoms with Crippen LogP contribution in [0.5, 0.6) is 0 Å². The summed E-state index contributed by atoms with van der Waals surface area (Å²) >= 11 is 0. The lowest BCUT2D eigenvalue weighted by Crippen LogP contribution is -2.60. The van der Waals surface area contributed by atoms with Crippen molar-refractivity contribution in [3.8, 4) is 0 Å². The van der Waals surface area contributed by atoms with Crippen molar-refractivity contribution in [2.45, 2.75) is 44.7 Å². The van der Waals surface area contributed by atoms with Crippen LogP contribution in [0.1, 0.15) is 32.6 Å². The summed E-state index contributed by atoms with van der Waals surface area (Å²) in [5.41, 5.74) is 0. The standard InChI is InChI=1S/C13H22N2O3/c1-10(12(16)14-7-4-3-5-8-14)15-9-6-11(15)13(17)18-2/h10-11H,3-9H2,1-2H3. The molecule has 2 aliphatic heterocycles. The molecule has 0 aliphatic carbocycles. The Morgan fingerprint density at radius 1 is 1.17 bits per heavy atom. The monoisotopic (exact) mass is 254 g/mol. The molecule has 5 nitrogen and oxygen atoms in total. The van der Waals surface area contributed by atoms with Gasteiger partial charge in [0.15, 0.2) is 0 Å². The van der Waals surface area contributed by atoms with Crippen molar-refractivity contribution in [1.82, 2.24) is 9.80 Å². The van der Waals surface area contributed by atoms with Gasteiger partial charge in [0, 0.05) is 19.6 Å². The van der Waals surface area contributed by atoms with Gasteiger partial charge in [0.2, 0.25) is 5.91 Å². The molecule has 1 amide bonds. The Bertz CT molecular complexity index is 326. The highest BCUT2D eigenvalue weighted by Gasteiger charge is 2.41. The number of piperidine rings is 1. The molecule has 2 saturated heterocycles. The second-order valence-electron chi connectivity index (χ2n) is 5.13. The zero-order chi connectivity index (χ0) is 13.1. The SMILES string of the molecule is COC(=O)C1CCN1C(C)C(=O)N1CCCCC1. The number of hydrogen-bond acceptors (Lipinski definition) is 4. The summed E-state index contributed by atoms with van der Waals surface area (Å²) in [4.78, 5) is 27.7. The summed E-state index contributed by atoms with van der Waals surface area (Å²) < 4.78 is 4.75. The average molecular weight is 254 g/mol. The van der Waals surface area contributed by atoms with Gasteiger partial charge in [0.25, 0.3) is 0 Å². The first-order valence-corrected chi connectivity index (χ1v) is 6.77. The minimum Gasteiger partial charge on any atom is -0.468 e. The number of esters is 1. The molecule has 0 aromatic rings. The van der Waals surface area contributed by atoms with Crippen molar-refractivity contribution in [3.05, 3.63) is 0 Å². The van der Waals surface area contributed by atoms with Crippen LogP contribution in [0, 0.1) is 0 Å². The van der Waals surface area contributed by atoms with Crippen molar-refractivity contribution >= 4 is 11.9 Å². The number of hydrogen-bond donors (Lipinski definition) is 0. The van der Waals surface area contributed by atoms with Crippen molar-refractivity contribution in [2.24, 2.45) is 0 Å². The largest absolute Gasteiger partial charge is 0.468 e. The minimum absolute atomic E-state index is 0.156. The molecule has 2 aliphatic rings. The lowest BCUT2D eigenvalue weighted by molar-refractivity contribution is -0.157. The van der Waals surface area contributed by atoms with Gasteiger partial charge in [-0.1, -0.05) is 0 Å². The zero-order valence-electron chi connectivity index (χ0n) is 11.2. The van der Waals surface area contributed by atoms with E-state index in [1.807, 2.05) is 16.7 Å². The molecule has 18 heavy (non-hydrogen) atoms. The first-order valence-electron chi connectivity index (χ1n) is 6.77. The fraction of sp³-hybridized carbons (Fsp3) is 0.846. The lowest BCUT2D eigenvalue weighted by Gasteiger charge is -2.43. The highest BCUT2D eigenvalue weighted by Crippen LogP contribution is 2.23. The molecule has 2 unspecified atom stereocenters. The quantitative estimate of drug-likeness (QED) is 0.693. The molecule has 0 radical (unpaired) electrons. The predicted octanol–water partition coefficient (Wildman–Crippen LogP) is 0.635. The van der Waals surface area contributed by atoms with Crippen molar-refractivity contribution in [3.63, 3.8) is 0 Å². The van der Waals surface area contributed by atoms with Crippen LogP contribution < -0.4 is 0 Å². The Morgan fingerprint density at radius 3 is 2.33 bits per heavy atom. The second-order valence-corrected chi connectivity index (χ2v) is 5.13. The maximum Gasteiger partial charge on any atom is 0.323 e. The number of carbonyl (C=O) groups excluding carboxylic acids is 2. The smallest absolute Gasteiger partial charge is 0.323 e. The molecule has 2 rings (SSSR count). The molecule has 0 saturated carbocycles. The zero-order valence-corrected chi connectivity index (χ0v) is 11.2. The third-order valence-electron chi connectivity index (χ3n) is 4.06. The van der Waals surface area contributed by atoms with Crippen LogP contribution in [-0.4, -0.2) is 60.5 Å². The number of rotatable bonds is 3. The molecule has 2 fully saturated rings. The van der Waals surface area contributed by atoms with Crippen molar-refractivity contribution in [2.75, 3.05) is 26.7 Å². The van der Waals surface area contributed by atoms with E-state index in [1.54, 1.807) is 0 Å². The number of amides is 1. The topological polar surface area (TPSA) is 49.9 Å². The van der Waals surface area contributed by atoms with E-state index in [4.69, 9.17) is 4.74 Å². The van der Waals surface area contributed by atoms with Gasteiger partial charge in [-0.25, -0.2) is 0 Å². The van der Waals surface area contributed by atoms with Gasteiger partial charge in [0.05, 0.1) is 13.2 Å². The van der Waals surface area contributed by atoms with E-state index in [1.165, 1.54) is 13.5 Å². The fourth-order valence-corrected chi connectivity index (χ4v) is 2.78. The van der Waals surface area contributed by atoms with Crippen LogP contribution in [0.3, 0.4) is 0 Å². The van der Waals surface area contributed by atoms with Crippen molar-refractivity contribution in [1.29, 1.82) is 0 Å². The second kappa shape index (κ2) is 5.69. The summed E-state index contributed by atoms with van der Waals surface area (Å²) in [5.74, 6) is -0.0668. The first kappa shape index (κ1) is 13.3. The Balaban J connectivity index is 1.92. The Hall–Kier alpha value is -1.10. The molecule has 0 bridgehead atoms. The van der Waals surface area contributed by atoms with Crippen LogP contribution in [0.4, 0.5) is 0 Å². The van der Waals surface area contributed by atoms with Crippen LogP contribution in [0.25, 0.3) is 0 Å². The van der Waals surface area contributed by atoms with Gasteiger partial charge in [-0.2, -0.15) is 0 Å². The summed E-state index contributed by atoms with van der Waals surface area (Å²) in [6, 6.07) is -0.431. The normalized spacial score (nSPS) is 26.3. The Morgan fingerprint density at radius 2 is 1.83 bits per heavy atom. The molecule has 0 aromatic heterocycles. The Labute approximate surface area is 108 Å². The van der Waals surface area contributed by atoms with E-state index in [9.17, 15) is 9.59 Å². The van der Waals surface area contributed by atoms with E-state index in [0.717, 1.165) is 38.9 Å². The summed E-state index contributed by atoms with van der Waals surface area (Å²) in [7, 11) is 1.40. The Kier molecular flexibility index (Phi) is 4.22. The van der Waals surface area contributed by atoms with Gasteiger partial charge in [0.1, 0.15) is 6.04 Å². The maximum absolute atomic E-state index is 12.3. The van der Waals surface area contributed by atoms with E-state index in [0.29, 0.717) is 0 Å². The summed E-state index contributed by atoms with van der Waals surface area (Å²) in [5, 5.41) is 0. The van der Waals surface area contributed by atoms with Gasteiger partial charge in [-0.15, -0.1) is 0 Å². The van der Waals surface area contributed by atoms with Crippen LogP contribution in [0.15, 0.2) is 0 Å². The first-order chi connectivity index (χ1) is 8.65. The molecule has 0 N–H and O–H groups in total. The fourth-order valence-electron chi connectivity index (χ4n) is 2.78. The van der Waals surface area contributed by atoms with E-state index in [2.05, 4.69) is 0 Å². The van der Waals surface area contributed by atoms with Crippen LogP contribution >= 0.6 is 0 Å². The molecule has 0 spiro atoms.